The summed E-state index contributed by atoms with van der Waals surface area (Å²) in [6.45, 7) is 4.46. The monoisotopic (exact) mass is 239 g/mol. The first-order valence-corrected chi connectivity index (χ1v) is 6.07. The van der Waals surface area contributed by atoms with Crippen LogP contribution in [0.3, 0.4) is 0 Å². The molecular weight excluding hydrogens is 222 g/mol. The zero-order valence-electron chi connectivity index (χ0n) is 10.7. The molecule has 0 aliphatic rings. The van der Waals surface area contributed by atoms with Crippen molar-refractivity contribution in [1.82, 2.24) is 0 Å². The lowest BCUT2D eigenvalue weighted by Gasteiger charge is -2.10. The molecule has 2 aromatic carbocycles. The van der Waals surface area contributed by atoms with E-state index in [9.17, 15) is 4.79 Å². The third kappa shape index (κ3) is 2.77. The molecule has 2 aromatic rings. The van der Waals surface area contributed by atoms with Gasteiger partial charge in [0.2, 0.25) is 0 Å². The standard InChI is InChI=1S/C16H17NO/c1-12-7-6-10-15(13(12)2)17-11-16(18)14-8-4-3-5-9-14/h3-10,17H,11H2,1-2H3. The highest BCUT2D eigenvalue weighted by molar-refractivity contribution is 5.99. The molecule has 0 spiro atoms. The lowest BCUT2D eigenvalue weighted by molar-refractivity contribution is 0.101. The molecule has 0 aliphatic heterocycles. The van der Waals surface area contributed by atoms with Crippen LogP contribution in [0.4, 0.5) is 5.69 Å². The van der Waals surface area contributed by atoms with E-state index in [-0.39, 0.29) is 5.78 Å². The Balaban J connectivity index is 2.04. The molecule has 2 nitrogen and oxygen atoms in total. The molecule has 0 heterocycles. The summed E-state index contributed by atoms with van der Waals surface area (Å²) in [6.07, 6.45) is 0. The Bertz CT molecular complexity index is 546. The second kappa shape index (κ2) is 5.50. The van der Waals surface area contributed by atoms with Crippen LogP contribution in [0.25, 0.3) is 0 Å². The van der Waals surface area contributed by atoms with Crippen molar-refractivity contribution < 1.29 is 4.79 Å². The van der Waals surface area contributed by atoms with Gasteiger partial charge in [-0.2, -0.15) is 0 Å². The van der Waals surface area contributed by atoms with Gasteiger partial charge < -0.3 is 5.32 Å². The van der Waals surface area contributed by atoms with E-state index in [2.05, 4.69) is 25.2 Å². The van der Waals surface area contributed by atoms with E-state index in [1.54, 1.807) is 0 Å². The first-order chi connectivity index (χ1) is 8.68. The van der Waals surface area contributed by atoms with Gasteiger partial charge in [-0.05, 0) is 31.0 Å². The molecule has 1 N–H and O–H groups in total. The third-order valence-electron chi connectivity index (χ3n) is 3.14. The third-order valence-corrected chi connectivity index (χ3v) is 3.14. The summed E-state index contributed by atoms with van der Waals surface area (Å²) >= 11 is 0. The molecule has 0 unspecified atom stereocenters. The summed E-state index contributed by atoms with van der Waals surface area (Å²) in [4.78, 5) is 12.0. The van der Waals surface area contributed by atoms with Gasteiger partial charge in [-0.25, -0.2) is 0 Å². The highest BCUT2D eigenvalue weighted by Gasteiger charge is 2.06. The van der Waals surface area contributed by atoms with E-state index >= 15 is 0 Å². The number of ketones is 1. The molecule has 92 valence electrons. The first kappa shape index (κ1) is 12.4. The maximum absolute atomic E-state index is 12.0. The van der Waals surface area contributed by atoms with Crippen molar-refractivity contribution >= 4 is 11.5 Å². The van der Waals surface area contributed by atoms with Crippen molar-refractivity contribution in [2.24, 2.45) is 0 Å². The Morgan fingerprint density at radius 2 is 1.72 bits per heavy atom. The van der Waals surface area contributed by atoms with Crippen LogP contribution in [-0.4, -0.2) is 12.3 Å². The van der Waals surface area contributed by atoms with Crippen LogP contribution >= 0.6 is 0 Å². The van der Waals surface area contributed by atoms with Gasteiger partial charge in [0, 0.05) is 11.3 Å². The van der Waals surface area contributed by atoms with E-state index in [0.29, 0.717) is 6.54 Å². The summed E-state index contributed by atoms with van der Waals surface area (Å²) in [7, 11) is 0. The second-order valence-electron chi connectivity index (χ2n) is 4.39. The molecule has 0 aromatic heterocycles. The molecule has 0 aliphatic carbocycles. The van der Waals surface area contributed by atoms with Crippen molar-refractivity contribution in [3.8, 4) is 0 Å². The molecule has 0 radical (unpaired) electrons. The maximum Gasteiger partial charge on any atom is 0.181 e. The molecule has 0 amide bonds. The van der Waals surface area contributed by atoms with Crippen molar-refractivity contribution in [2.45, 2.75) is 13.8 Å². The average molecular weight is 239 g/mol. The highest BCUT2D eigenvalue weighted by Crippen LogP contribution is 2.17. The van der Waals surface area contributed by atoms with E-state index in [4.69, 9.17) is 0 Å². The smallest absolute Gasteiger partial charge is 0.181 e. The summed E-state index contributed by atoms with van der Waals surface area (Å²) in [6, 6.07) is 15.4. The first-order valence-electron chi connectivity index (χ1n) is 6.07. The SMILES string of the molecule is Cc1cccc(NCC(=O)c2ccccc2)c1C. The van der Waals surface area contributed by atoms with Crippen LogP contribution in [0.5, 0.6) is 0 Å². The topological polar surface area (TPSA) is 29.1 Å². The Morgan fingerprint density at radius 1 is 1.00 bits per heavy atom. The van der Waals surface area contributed by atoms with Crippen LogP contribution in [0.15, 0.2) is 48.5 Å². The Hall–Kier alpha value is -2.09. The van der Waals surface area contributed by atoms with Gasteiger partial charge in [0.05, 0.1) is 6.54 Å². The van der Waals surface area contributed by atoms with Gasteiger partial charge >= 0.3 is 0 Å². The number of anilines is 1. The highest BCUT2D eigenvalue weighted by atomic mass is 16.1. The number of benzene rings is 2. The zero-order chi connectivity index (χ0) is 13.0. The lowest BCUT2D eigenvalue weighted by Crippen LogP contribution is -2.14. The van der Waals surface area contributed by atoms with Crippen LogP contribution in [0.1, 0.15) is 21.5 Å². The quantitative estimate of drug-likeness (QED) is 0.826. The number of aryl methyl sites for hydroxylation is 1. The van der Waals surface area contributed by atoms with Gasteiger partial charge in [-0.1, -0.05) is 42.5 Å². The minimum atomic E-state index is 0.108. The normalized spacial score (nSPS) is 10.1. The number of carbonyl (C=O) groups is 1. The molecule has 0 saturated carbocycles. The molecule has 2 rings (SSSR count). The van der Waals surface area contributed by atoms with Crippen LogP contribution in [0.2, 0.25) is 0 Å². The van der Waals surface area contributed by atoms with Gasteiger partial charge in [-0.3, -0.25) is 4.79 Å². The van der Waals surface area contributed by atoms with Crippen LogP contribution < -0.4 is 5.32 Å². The largest absolute Gasteiger partial charge is 0.377 e. The van der Waals surface area contributed by atoms with E-state index in [1.165, 1.54) is 11.1 Å². The number of rotatable bonds is 4. The molecular formula is C16H17NO. The summed E-state index contributed by atoms with van der Waals surface area (Å²) in [5.74, 6) is 0.108. The Labute approximate surface area is 108 Å². The number of hydrogen-bond donors (Lipinski definition) is 1. The predicted octanol–water partition coefficient (Wildman–Crippen LogP) is 3.60. The second-order valence-corrected chi connectivity index (χ2v) is 4.39. The van der Waals surface area contributed by atoms with Gasteiger partial charge in [-0.15, -0.1) is 0 Å². The fourth-order valence-corrected chi connectivity index (χ4v) is 1.84. The minimum Gasteiger partial charge on any atom is -0.377 e. The molecule has 2 heteroatoms. The summed E-state index contributed by atoms with van der Waals surface area (Å²) in [5.41, 5.74) is 4.19. The summed E-state index contributed by atoms with van der Waals surface area (Å²) in [5, 5.41) is 3.20. The van der Waals surface area contributed by atoms with E-state index < -0.39 is 0 Å². The molecule has 18 heavy (non-hydrogen) atoms. The van der Waals surface area contributed by atoms with Gasteiger partial charge in [0.1, 0.15) is 0 Å². The number of Topliss-reactive ketones (excluding diaryl/α,β-unsaturated/α-hetero) is 1. The van der Waals surface area contributed by atoms with Crippen molar-refractivity contribution in [2.75, 3.05) is 11.9 Å². The maximum atomic E-state index is 12.0. The average Bonchev–Trinajstić information content (AvgIpc) is 2.41. The minimum absolute atomic E-state index is 0.108. The zero-order valence-corrected chi connectivity index (χ0v) is 10.7. The lowest BCUT2D eigenvalue weighted by atomic mass is 10.1. The Kier molecular flexibility index (Phi) is 3.78. The van der Waals surface area contributed by atoms with E-state index in [0.717, 1.165) is 11.3 Å². The molecule has 0 bridgehead atoms. The van der Waals surface area contributed by atoms with Gasteiger partial charge in [0.25, 0.3) is 0 Å². The Morgan fingerprint density at radius 3 is 2.44 bits per heavy atom. The van der Waals surface area contributed by atoms with Crippen molar-refractivity contribution in [3.05, 3.63) is 65.2 Å². The molecule has 0 saturated heterocycles. The number of carbonyl (C=O) groups excluding carboxylic acids is 1. The number of hydrogen-bond acceptors (Lipinski definition) is 2. The van der Waals surface area contributed by atoms with Crippen LogP contribution in [0, 0.1) is 13.8 Å². The van der Waals surface area contributed by atoms with Crippen molar-refractivity contribution in [1.29, 1.82) is 0 Å². The summed E-state index contributed by atoms with van der Waals surface area (Å²) < 4.78 is 0. The fourth-order valence-electron chi connectivity index (χ4n) is 1.84. The molecule has 0 atom stereocenters. The predicted molar refractivity (Wildman–Crippen MR) is 75.2 cm³/mol. The number of nitrogens with one attached hydrogen (secondary N) is 1. The van der Waals surface area contributed by atoms with Crippen LogP contribution in [-0.2, 0) is 0 Å². The fraction of sp³-hybridized carbons (Fsp3) is 0.188. The van der Waals surface area contributed by atoms with E-state index in [1.807, 2.05) is 42.5 Å². The molecule has 0 fully saturated rings. The van der Waals surface area contributed by atoms with Crippen molar-refractivity contribution in [3.63, 3.8) is 0 Å². The van der Waals surface area contributed by atoms with Gasteiger partial charge in [0.15, 0.2) is 5.78 Å².